The maximum absolute atomic E-state index is 10.2. The number of nitrogen functional groups attached to an aromatic ring is 1. The van der Waals surface area contributed by atoms with Gasteiger partial charge in [-0.05, 0) is 23.3 Å². The maximum atomic E-state index is 10.2. The minimum atomic E-state index is -2.61. The summed E-state index contributed by atoms with van der Waals surface area (Å²) in [6.07, 6.45) is 1.77. The van der Waals surface area contributed by atoms with Crippen molar-refractivity contribution >= 4 is 28.4 Å². The van der Waals surface area contributed by atoms with Crippen molar-refractivity contribution < 1.29 is 8.42 Å². The van der Waals surface area contributed by atoms with E-state index in [9.17, 15) is 8.42 Å². The fraction of sp³-hybridized carbons (Fsp3) is 0. The van der Waals surface area contributed by atoms with Crippen LogP contribution in [0.4, 0.5) is 5.69 Å². The largest absolute Gasteiger partial charge is 0.399 e. The predicted octanol–water partition coefficient (Wildman–Crippen LogP) is 2.69. The quantitative estimate of drug-likeness (QED) is 0.600. The van der Waals surface area contributed by atoms with E-state index < -0.39 is 10.9 Å². The monoisotopic (exact) mass is 302 g/mol. The zero-order valence-electron chi connectivity index (χ0n) is 11.5. The Morgan fingerprint density at radius 3 is 2.24 bits per heavy atom. The van der Waals surface area contributed by atoms with Crippen LogP contribution in [-0.2, 0) is 10.9 Å². The van der Waals surface area contributed by atoms with Gasteiger partial charge in [-0.15, -0.1) is 0 Å². The Kier molecular flexibility index (Phi) is 6.77. The third-order valence-electron chi connectivity index (χ3n) is 2.49. The third kappa shape index (κ3) is 6.44. The second kappa shape index (κ2) is 8.60. The van der Waals surface area contributed by atoms with Gasteiger partial charge in [-0.1, -0.05) is 61.7 Å². The highest BCUT2D eigenvalue weighted by atomic mass is 32.2. The van der Waals surface area contributed by atoms with Crippen molar-refractivity contribution in [3.8, 4) is 0 Å². The fourth-order valence-corrected chi connectivity index (χ4v) is 1.85. The normalized spacial score (nSPS) is 9.38. The van der Waals surface area contributed by atoms with Crippen molar-refractivity contribution in [2.75, 3.05) is 5.73 Å². The van der Waals surface area contributed by atoms with Crippen molar-refractivity contribution in [2.24, 2.45) is 0 Å². The Bertz CT molecular complexity index is 672. The highest BCUT2D eigenvalue weighted by Crippen LogP contribution is 2.07. The number of hydrogen-bond acceptors (Lipinski definition) is 3. The first kappa shape index (κ1) is 16.5. The molecule has 4 nitrogen and oxygen atoms in total. The van der Waals surface area contributed by atoms with E-state index in [2.05, 4.69) is 17.9 Å². The number of hydrogen-bond donors (Lipinski definition) is 3. The Morgan fingerprint density at radius 1 is 1.10 bits per heavy atom. The van der Waals surface area contributed by atoms with Gasteiger partial charge in [0.15, 0.2) is 0 Å². The Morgan fingerprint density at radius 2 is 1.76 bits per heavy atom. The van der Waals surface area contributed by atoms with E-state index >= 15 is 0 Å². The summed E-state index contributed by atoms with van der Waals surface area (Å²) in [5, 5.41) is 0. The summed E-state index contributed by atoms with van der Waals surface area (Å²) in [6.45, 7) is 7.19. The van der Waals surface area contributed by atoms with Crippen LogP contribution in [0.2, 0.25) is 0 Å². The van der Waals surface area contributed by atoms with Crippen LogP contribution in [0.3, 0.4) is 0 Å². The molecule has 5 heteroatoms. The molecule has 21 heavy (non-hydrogen) atoms. The van der Waals surface area contributed by atoms with Gasteiger partial charge in [-0.25, -0.2) is 8.42 Å². The molecular formula is C16H18N2O2S. The van der Waals surface area contributed by atoms with Crippen molar-refractivity contribution in [3.63, 3.8) is 0 Å². The molecule has 2 aromatic carbocycles. The summed E-state index contributed by atoms with van der Waals surface area (Å²) in [6, 6.07) is 16.7. The summed E-state index contributed by atoms with van der Waals surface area (Å²) in [4.78, 5) is 0. The molecule has 0 amide bonds. The summed E-state index contributed by atoms with van der Waals surface area (Å²) >= 11 is 0. The second-order valence-electron chi connectivity index (χ2n) is 4.09. The summed E-state index contributed by atoms with van der Waals surface area (Å²) in [5.74, 6) is 0. The van der Waals surface area contributed by atoms with Crippen molar-refractivity contribution in [3.05, 3.63) is 78.9 Å². The molecule has 0 unspecified atom stereocenters. The first-order valence-electron chi connectivity index (χ1n) is 6.16. The molecule has 2 aromatic rings. The number of rotatable bonds is 4. The molecule has 0 atom stereocenters. The third-order valence-corrected chi connectivity index (χ3v) is 2.95. The van der Waals surface area contributed by atoms with Crippen LogP contribution in [0.1, 0.15) is 11.1 Å². The van der Waals surface area contributed by atoms with Gasteiger partial charge < -0.3 is 5.73 Å². The average Bonchev–Trinajstić information content (AvgIpc) is 2.48. The molecule has 0 radical (unpaired) electrons. The number of thiol groups is 1. The van der Waals surface area contributed by atoms with Crippen molar-refractivity contribution in [1.82, 2.24) is 4.72 Å². The van der Waals surface area contributed by atoms with Crippen LogP contribution in [-0.4, -0.2) is 8.42 Å². The molecule has 0 saturated heterocycles. The molecule has 0 saturated carbocycles. The van der Waals surface area contributed by atoms with Gasteiger partial charge in [0.1, 0.15) is 0 Å². The Balaban J connectivity index is 0.000000219. The standard InChI is InChI=1S/C8H9NO2S.C8H9N/c1-7(9-12(10)11)8-5-3-2-4-6-8;1-2-7-4-3-5-8(9)6-7/h2-6,12H,1H2,(H,9,10,11);2-6H,1,9H2. The number of nitrogens with two attached hydrogens (primary N) is 1. The summed E-state index contributed by atoms with van der Waals surface area (Å²) in [7, 11) is -2.61. The number of benzene rings is 2. The van der Waals surface area contributed by atoms with Crippen LogP contribution >= 0.6 is 0 Å². The van der Waals surface area contributed by atoms with E-state index in [0.717, 1.165) is 16.8 Å². The Labute approximate surface area is 126 Å². The molecule has 0 spiro atoms. The molecule has 3 N–H and O–H groups in total. The molecule has 0 heterocycles. The van der Waals surface area contributed by atoms with Gasteiger partial charge in [0.05, 0.1) is 0 Å². The molecule has 0 aliphatic rings. The van der Waals surface area contributed by atoms with E-state index in [1.165, 1.54) is 0 Å². The lowest BCUT2D eigenvalue weighted by Gasteiger charge is -2.01. The molecule has 110 valence electrons. The van der Waals surface area contributed by atoms with Gasteiger partial charge in [-0.2, -0.15) is 0 Å². The average molecular weight is 302 g/mol. The van der Waals surface area contributed by atoms with Gasteiger partial charge >= 0.3 is 0 Å². The van der Waals surface area contributed by atoms with Gasteiger partial charge in [0.2, 0.25) is 10.9 Å². The SMILES string of the molecule is C=C(N[SH](=O)=O)c1ccccc1.C=Cc1cccc(N)c1. The van der Waals surface area contributed by atoms with Gasteiger partial charge in [0, 0.05) is 11.4 Å². The van der Waals surface area contributed by atoms with Crippen LogP contribution < -0.4 is 10.5 Å². The van der Waals surface area contributed by atoms with E-state index in [1.807, 2.05) is 42.5 Å². The number of nitrogens with one attached hydrogen (secondary N) is 1. The fourth-order valence-electron chi connectivity index (χ4n) is 1.50. The van der Waals surface area contributed by atoms with Crippen LogP contribution in [0.5, 0.6) is 0 Å². The van der Waals surface area contributed by atoms with E-state index in [4.69, 9.17) is 5.73 Å². The van der Waals surface area contributed by atoms with Crippen molar-refractivity contribution in [1.29, 1.82) is 0 Å². The van der Waals surface area contributed by atoms with E-state index in [-0.39, 0.29) is 0 Å². The van der Waals surface area contributed by atoms with Crippen LogP contribution in [0, 0.1) is 0 Å². The van der Waals surface area contributed by atoms with Gasteiger partial charge in [0.25, 0.3) is 0 Å². The highest BCUT2D eigenvalue weighted by molar-refractivity contribution is 7.70. The van der Waals surface area contributed by atoms with Crippen LogP contribution in [0.15, 0.2) is 67.8 Å². The van der Waals surface area contributed by atoms with Crippen LogP contribution in [0.25, 0.3) is 11.8 Å². The summed E-state index contributed by atoms with van der Waals surface area (Å²) < 4.78 is 22.7. The molecule has 0 aromatic heterocycles. The van der Waals surface area contributed by atoms with Crippen molar-refractivity contribution in [2.45, 2.75) is 0 Å². The topological polar surface area (TPSA) is 72.2 Å². The van der Waals surface area contributed by atoms with E-state index in [0.29, 0.717) is 5.70 Å². The summed E-state index contributed by atoms with van der Waals surface area (Å²) in [5.41, 5.74) is 8.51. The molecule has 0 aliphatic heterocycles. The zero-order valence-corrected chi connectivity index (χ0v) is 12.4. The lowest BCUT2D eigenvalue weighted by molar-refractivity contribution is 0.611. The minimum Gasteiger partial charge on any atom is -0.399 e. The lowest BCUT2D eigenvalue weighted by Crippen LogP contribution is -2.07. The second-order valence-corrected chi connectivity index (χ2v) is 4.83. The smallest absolute Gasteiger partial charge is 0.222 e. The maximum Gasteiger partial charge on any atom is 0.222 e. The minimum absolute atomic E-state index is 0.395. The molecule has 0 aliphatic carbocycles. The molecule has 0 bridgehead atoms. The molecular weight excluding hydrogens is 284 g/mol. The van der Waals surface area contributed by atoms with E-state index in [1.54, 1.807) is 18.2 Å². The lowest BCUT2D eigenvalue weighted by atomic mass is 10.2. The molecule has 2 rings (SSSR count). The Hall–Kier alpha value is -2.53. The predicted molar refractivity (Wildman–Crippen MR) is 89.9 cm³/mol. The molecule has 0 fully saturated rings. The first-order chi connectivity index (χ1) is 10.0. The highest BCUT2D eigenvalue weighted by Gasteiger charge is 1.95. The number of anilines is 1. The first-order valence-corrected chi connectivity index (χ1v) is 7.34. The zero-order chi connectivity index (χ0) is 15.7. The van der Waals surface area contributed by atoms with Gasteiger partial charge in [-0.3, -0.25) is 4.72 Å².